The van der Waals surface area contributed by atoms with Gasteiger partial charge in [0.05, 0.1) is 11.3 Å². The van der Waals surface area contributed by atoms with Gasteiger partial charge in [-0.1, -0.05) is 32.9 Å². The Morgan fingerprint density at radius 2 is 1.85 bits per heavy atom. The van der Waals surface area contributed by atoms with Crippen LogP contribution in [0.3, 0.4) is 0 Å². The molecule has 0 amide bonds. The molecule has 2 N–H and O–H groups in total. The molecule has 0 bridgehead atoms. The van der Waals surface area contributed by atoms with E-state index in [2.05, 4.69) is 20.4 Å². The maximum absolute atomic E-state index is 11.8. The lowest BCUT2D eigenvalue weighted by Gasteiger charge is -2.15. The number of rotatable bonds is 2. The van der Waals surface area contributed by atoms with Gasteiger partial charge in [-0.05, 0) is 12.1 Å². The summed E-state index contributed by atoms with van der Waals surface area (Å²) in [6.07, 6.45) is 0. The van der Waals surface area contributed by atoms with Gasteiger partial charge in [0.25, 0.3) is 5.56 Å². The van der Waals surface area contributed by atoms with Crippen LogP contribution in [0, 0.1) is 11.3 Å². The lowest BCUT2D eigenvalue weighted by molar-refractivity contribution is 0.567. The summed E-state index contributed by atoms with van der Waals surface area (Å²) in [5, 5.41) is 22.3. The number of nitrogens with zero attached hydrogens (tertiary/aromatic N) is 3. The van der Waals surface area contributed by atoms with Crippen LogP contribution in [0.4, 0.5) is 11.4 Å². The molecule has 0 saturated carbocycles. The van der Waals surface area contributed by atoms with Gasteiger partial charge in [-0.2, -0.15) is 5.26 Å². The first-order valence-electron chi connectivity index (χ1n) is 6.15. The zero-order valence-electron chi connectivity index (χ0n) is 11.6. The zero-order chi connectivity index (χ0) is 14.8. The molecule has 0 aliphatic rings. The van der Waals surface area contributed by atoms with E-state index in [1.807, 2.05) is 26.8 Å². The maximum atomic E-state index is 11.8. The summed E-state index contributed by atoms with van der Waals surface area (Å²) in [5.41, 5.74) is 1.19. The lowest BCUT2D eigenvalue weighted by Crippen LogP contribution is -2.12. The Hall–Kier alpha value is -2.68. The van der Waals surface area contributed by atoms with Crippen LogP contribution in [0.1, 0.15) is 32.0 Å². The average molecular weight is 269 g/mol. The van der Waals surface area contributed by atoms with E-state index in [1.54, 1.807) is 24.3 Å². The largest absolute Gasteiger partial charge is 0.299 e. The van der Waals surface area contributed by atoms with Crippen molar-refractivity contribution >= 4 is 11.4 Å². The molecule has 0 aliphatic carbocycles. The van der Waals surface area contributed by atoms with Crippen molar-refractivity contribution in [1.29, 1.82) is 5.26 Å². The highest BCUT2D eigenvalue weighted by atomic mass is 16.1. The van der Waals surface area contributed by atoms with Gasteiger partial charge in [-0.3, -0.25) is 15.0 Å². The van der Waals surface area contributed by atoms with E-state index in [9.17, 15) is 4.79 Å². The quantitative estimate of drug-likeness (QED) is 0.818. The maximum Gasteiger partial charge on any atom is 0.292 e. The first-order valence-corrected chi connectivity index (χ1v) is 6.15. The van der Waals surface area contributed by atoms with E-state index < -0.39 is 0 Å². The van der Waals surface area contributed by atoms with E-state index in [4.69, 9.17) is 5.26 Å². The number of hydrogen-bond donors (Lipinski definition) is 2. The minimum absolute atomic E-state index is 0.241. The summed E-state index contributed by atoms with van der Waals surface area (Å²) >= 11 is 0. The molecule has 0 saturated heterocycles. The predicted octanol–water partition coefficient (Wildman–Crippen LogP) is 3.29. The second kappa shape index (κ2) is 5.13. The molecule has 0 spiro atoms. The molecule has 0 radical (unpaired) electrons. The number of benzene rings is 1. The van der Waals surface area contributed by atoms with Crippen molar-refractivity contribution in [3.8, 4) is 6.07 Å². The van der Waals surface area contributed by atoms with Gasteiger partial charge < -0.3 is 0 Å². The molecule has 2 rings (SSSR count). The Balaban J connectivity index is 2.46. The van der Waals surface area contributed by atoms with Crippen LogP contribution in [0.15, 0.2) is 39.3 Å². The number of azo groups is 1. The van der Waals surface area contributed by atoms with Crippen LogP contribution in [0.25, 0.3) is 0 Å². The van der Waals surface area contributed by atoms with Gasteiger partial charge >= 0.3 is 0 Å². The zero-order valence-corrected chi connectivity index (χ0v) is 11.6. The molecule has 2 aromatic rings. The Kier molecular flexibility index (Phi) is 3.53. The Labute approximate surface area is 116 Å². The normalized spacial score (nSPS) is 11.7. The first-order chi connectivity index (χ1) is 9.43. The molecule has 6 heteroatoms. The smallest absolute Gasteiger partial charge is 0.292 e. The van der Waals surface area contributed by atoms with Crippen molar-refractivity contribution in [2.45, 2.75) is 26.2 Å². The van der Waals surface area contributed by atoms with E-state index >= 15 is 0 Å². The number of hydrogen-bond acceptors (Lipinski definition) is 4. The highest BCUT2D eigenvalue weighted by Crippen LogP contribution is 2.28. The van der Waals surface area contributed by atoms with Gasteiger partial charge in [0.15, 0.2) is 5.69 Å². The third-order valence-electron chi connectivity index (χ3n) is 2.79. The minimum atomic E-state index is -0.326. The molecule has 1 aromatic carbocycles. The number of nitriles is 1. The standard InChI is InChI=1S/C14H15N5O/c1-14(2,3)12-11(13(20)19-18-12)17-16-10-7-5-4-6-9(10)8-15/h4-7H,1-3H3,(H2,18,19,20). The molecule has 0 fully saturated rings. The summed E-state index contributed by atoms with van der Waals surface area (Å²) in [6.45, 7) is 5.90. The second-order valence-corrected chi connectivity index (χ2v) is 5.38. The van der Waals surface area contributed by atoms with E-state index in [-0.39, 0.29) is 16.7 Å². The van der Waals surface area contributed by atoms with E-state index in [1.165, 1.54) is 0 Å². The van der Waals surface area contributed by atoms with Crippen molar-refractivity contribution in [3.63, 3.8) is 0 Å². The SMILES string of the molecule is CC(C)(C)c1[nH][nH]c(=O)c1N=Nc1ccccc1C#N. The first kappa shape index (κ1) is 13.7. The lowest BCUT2D eigenvalue weighted by atomic mass is 9.91. The fraction of sp³-hybridized carbons (Fsp3) is 0.286. The predicted molar refractivity (Wildman–Crippen MR) is 75.4 cm³/mol. The van der Waals surface area contributed by atoms with Crippen molar-refractivity contribution in [3.05, 3.63) is 45.9 Å². The van der Waals surface area contributed by atoms with Crippen LogP contribution in [0.5, 0.6) is 0 Å². The summed E-state index contributed by atoms with van der Waals surface area (Å²) in [6, 6.07) is 8.89. The molecule has 20 heavy (non-hydrogen) atoms. The molecule has 1 aromatic heterocycles. The minimum Gasteiger partial charge on any atom is -0.299 e. The van der Waals surface area contributed by atoms with Crippen molar-refractivity contribution in [2.24, 2.45) is 10.2 Å². The van der Waals surface area contributed by atoms with Gasteiger partial charge in [0, 0.05) is 5.41 Å². The molecular weight excluding hydrogens is 254 g/mol. The summed E-state index contributed by atoms with van der Waals surface area (Å²) < 4.78 is 0. The van der Waals surface area contributed by atoms with Gasteiger partial charge in [-0.25, -0.2) is 0 Å². The van der Waals surface area contributed by atoms with Gasteiger partial charge in [0.1, 0.15) is 11.8 Å². The number of H-pyrrole nitrogens is 2. The molecule has 0 unspecified atom stereocenters. The van der Waals surface area contributed by atoms with Gasteiger partial charge in [-0.15, -0.1) is 10.2 Å². The summed E-state index contributed by atoms with van der Waals surface area (Å²) in [5.74, 6) is 0. The topological polar surface area (TPSA) is 97.2 Å². The Morgan fingerprint density at radius 1 is 1.15 bits per heavy atom. The summed E-state index contributed by atoms with van der Waals surface area (Å²) in [7, 11) is 0. The third kappa shape index (κ3) is 2.67. The number of aromatic nitrogens is 2. The third-order valence-corrected chi connectivity index (χ3v) is 2.79. The number of nitrogens with one attached hydrogen (secondary N) is 2. The molecule has 6 nitrogen and oxygen atoms in total. The van der Waals surface area contributed by atoms with Crippen molar-refractivity contribution in [2.75, 3.05) is 0 Å². The molecule has 0 aliphatic heterocycles. The van der Waals surface area contributed by atoms with Crippen LogP contribution < -0.4 is 5.56 Å². The highest BCUT2D eigenvalue weighted by Gasteiger charge is 2.22. The average Bonchev–Trinajstić information content (AvgIpc) is 2.78. The fourth-order valence-electron chi connectivity index (χ4n) is 1.75. The van der Waals surface area contributed by atoms with E-state index in [0.717, 1.165) is 0 Å². The van der Waals surface area contributed by atoms with Crippen LogP contribution in [-0.4, -0.2) is 10.2 Å². The highest BCUT2D eigenvalue weighted by molar-refractivity contribution is 5.53. The number of aromatic amines is 2. The van der Waals surface area contributed by atoms with Crippen LogP contribution in [0.2, 0.25) is 0 Å². The molecule has 0 atom stereocenters. The summed E-state index contributed by atoms with van der Waals surface area (Å²) in [4.78, 5) is 11.8. The molecule has 102 valence electrons. The Morgan fingerprint density at radius 3 is 2.50 bits per heavy atom. The van der Waals surface area contributed by atoms with Crippen molar-refractivity contribution in [1.82, 2.24) is 10.2 Å². The van der Waals surface area contributed by atoms with Crippen LogP contribution >= 0.6 is 0 Å². The molecular formula is C14H15N5O. The Bertz CT molecular complexity index is 740. The monoisotopic (exact) mass is 269 g/mol. The second-order valence-electron chi connectivity index (χ2n) is 5.38. The molecule has 1 heterocycles. The van der Waals surface area contributed by atoms with Crippen molar-refractivity contribution < 1.29 is 0 Å². The van der Waals surface area contributed by atoms with E-state index in [0.29, 0.717) is 16.9 Å². The van der Waals surface area contributed by atoms with Crippen LogP contribution in [-0.2, 0) is 5.41 Å². The fourth-order valence-corrected chi connectivity index (χ4v) is 1.75. The van der Waals surface area contributed by atoms with Gasteiger partial charge in [0.2, 0.25) is 0 Å².